The molecule has 0 spiro atoms. The molecular formula is C22H30N2O6. The van der Waals surface area contributed by atoms with Crippen molar-refractivity contribution in [3.05, 3.63) is 48.5 Å². The number of rotatable bonds is 10. The lowest BCUT2D eigenvalue weighted by Gasteiger charge is -2.07. The summed E-state index contributed by atoms with van der Waals surface area (Å²) in [6.07, 6.45) is 0. The molecule has 164 valence electrons. The summed E-state index contributed by atoms with van der Waals surface area (Å²) in [6, 6.07) is 14.6. The van der Waals surface area contributed by atoms with Gasteiger partial charge in [-0.2, -0.15) is 0 Å². The van der Waals surface area contributed by atoms with Crippen molar-refractivity contribution in [1.29, 1.82) is 0 Å². The van der Waals surface area contributed by atoms with Gasteiger partial charge < -0.3 is 29.6 Å². The third-order valence-electron chi connectivity index (χ3n) is 3.61. The quantitative estimate of drug-likeness (QED) is 0.576. The van der Waals surface area contributed by atoms with E-state index in [1.54, 1.807) is 14.2 Å². The Balaban J connectivity index is 0.000000300. The van der Waals surface area contributed by atoms with Gasteiger partial charge >= 0.3 is 0 Å². The fraction of sp³-hybridized carbons (Fsp3) is 0.364. The molecule has 0 aliphatic carbocycles. The molecule has 2 N–H and O–H groups in total. The molecule has 0 atom stereocenters. The fourth-order valence-corrected chi connectivity index (χ4v) is 2.14. The smallest absolute Gasteiger partial charge is 0.216 e. The van der Waals surface area contributed by atoms with Gasteiger partial charge in [-0.3, -0.25) is 9.59 Å². The monoisotopic (exact) mass is 418 g/mol. The van der Waals surface area contributed by atoms with E-state index in [4.69, 9.17) is 18.9 Å². The summed E-state index contributed by atoms with van der Waals surface area (Å²) >= 11 is 0. The predicted molar refractivity (Wildman–Crippen MR) is 114 cm³/mol. The summed E-state index contributed by atoms with van der Waals surface area (Å²) in [6.45, 7) is 4.92. The van der Waals surface area contributed by atoms with Crippen LogP contribution in [0.15, 0.2) is 48.5 Å². The molecule has 0 fully saturated rings. The van der Waals surface area contributed by atoms with E-state index < -0.39 is 0 Å². The van der Waals surface area contributed by atoms with Crippen LogP contribution in [0.2, 0.25) is 0 Å². The van der Waals surface area contributed by atoms with Crippen LogP contribution in [0.4, 0.5) is 0 Å². The third-order valence-corrected chi connectivity index (χ3v) is 3.61. The van der Waals surface area contributed by atoms with E-state index in [1.165, 1.54) is 13.8 Å². The number of methoxy groups -OCH3 is 2. The Morgan fingerprint density at radius 3 is 1.20 bits per heavy atom. The third kappa shape index (κ3) is 11.4. The first-order chi connectivity index (χ1) is 14.4. The van der Waals surface area contributed by atoms with Crippen LogP contribution in [0, 0.1) is 0 Å². The van der Waals surface area contributed by atoms with E-state index in [2.05, 4.69) is 10.6 Å². The van der Waals surface area contributed by atoms with E-state index in [0.29, 0.717) is 26.3 Å². The number of amides is 2. The van der Waals surface area contributed by atoms with Crippen LogP contribution in [-0.4, -0.2) is 52.3 Å². The van der Waals surface area contributed by atoms with Gasteiger partial charge in [0.2, 0.25) is 11.8 Å². The normalized spacial score (nSPS) is 9.47. The second-order valence-corrected chi connectivity index (χ2v) is 6.01. The topological polar surface area (TPSA) is 95.1 Å². The number of nitrogens with one attached hydrogen (secondary N) is 2. The Kier molecular flexibility index (Phi) is 11.9. The maximum absolute atomic E-state index is 10.6. The minimum Gasteiger partial charge on any atom is -0.497 e. The summed E-state index contributed by atoms with van der Waals surface area (Å²) in [5.74, 6) is 3.03. The Bertz CT molecular complexity index is 682. The number of carbonyl (C=O) groups excluding carboxylic acids is 2. The zero-order valence-corrected chi connectivity index (χ0v) is 17.9. The van der Waals surface area contributed by atoms with E-state index in [0.717, 1.165) is 23.0 Å². The summed E-state index contributed by atoms with van der Waals surface area (Å²) in [5, 5.41) is 5.30. The van der Waals surface area contributed by atoms with Crippen LogP contribution >= 0.6 is 0 Å². The highest BCUT2D eigenvalue weighted by molar-refractivity contribution is 5.73. The number of hydrogen-bond donors (Lipinski definition) is 2. The highest BCUT2D eigenvalue weighted by Gasteiger charge is 1.96. The molecular weight excluding hydrogens is 388 g/mol. The number of hydrogen-bond acceptors (Lipinski definition) is 6. The Morgan fingerprint density at radius 1 is 0.633 bits per heavy atom. The van der Waals surface area contributed by atoms with E-state index in [-0.39, 0.29) is 11.8 Å². The van der Waals surface area contributed by atoms with Gasteiger partial charge in [-0.05, 0) is 48.5 Å². The Hall–Kier alpha value is -3.42. The minimum atomic E-state index is -0.0478. The summed E-state index contributed by atoms with van der Waals surface area (Å²) in [4.78, 5) is 21.1. The zero-order chi connectivity index (χ0) is 22.2. The molecule has 2 amide bonds. The summed E-state index contributed by atoms with van der Waals surface area (Å²) in [5.41, 5.74) is 0. The Morgan fingerprint density at radius 2 is 0.933 bits per heavy atom. The van der Waals surface area contributed by atoms with Crippen molar-refractivity contribution in [3.8, 4) is 23.0 Å². The molecule has 0 radical (unpaired) electrons. The van der Waals surface area contributed by atoms with Crippen molar-refractivity contribution >= 4 is 11.8 Å². The molecule has 30 heavy (non-hydrogen) atoms. The molecule has 0 aromatic heterocycles. The molecule has 2 rings (SSSR count). The predicted octanol–water partition coefficient (Wildman–Crippen LogP) is 2.42. The lowest BCUT2D eigenvalue weighted by atomic mass is 10.3. The maximum atomic E-state index is 10.6. The molecule has 0 saturated carbocycles. The SMILES string of the molecule is COc1ccc(OCCNC(C)=O)cc1.COc1ccc(OCCNC(C)=O)cc1. The molecule has 0 aliphatic rings. The van der Waals surface area contributed by atoms with Gasteiger partial charge in [0, 0.05) is 13.8 Å². The summed E-state index contributed by atoms with van der Waals surface area (Å²) in [7, 11) is 3.24. The standard InChI is InChI=1S/2C11H15NO3/c2*1-9(13)12-7-8-15-11-5-3-10(14-2)4-6-11/h2*3-6H,7-8H2,1-2H3,(H,12,13). The minimum absolute atomic E-state index is 0.0478. The first-order valence-corrected chi connectivity index (χ1v) is 9.47. The maximum Gasteiger partial charge on any atom is 0.216 e. The number of benzene rings is 2. The molecule has 2 aromatic rings. The highest BCUT2D eigenvalue weighted by atomic mass is 16.5. The zero-order valence-electron chi connectivity index (χ0n) is 17.9. The van der Waals surface area contributed by atoms with Crippen LogP contribution in [0.3, 0.4) is 0 Å². The van der Waals surface area contributed by atoms with Crippen molar-refractivity contribution < 1.29 is 28.5 Å². The van der Waals surface area contributed by atoms with E-state index in [9.17, 15) is 9.59 Å². The van der Waals surface area contributed by atoms with Gasteiger partial charge in [-0.15, -0.1) is 0 Å². The van der Waals surface area contributed by atoms with Crippen molar-refractivity contribution in [2.45, 2.75) is 13.8 Å². The molecule has 8 heteroatoms. The average molecular weight is 418 g/mol. The lowest BCUT2D eigenvalue weighted by Crippen LogP contribution is -2.25. The number of carbonyl (C=O) groups is 2. The second-order valence-electron chi connectivity index (χ2n) is 6.01. The van der Waals surface area contributed by atoms with Crippen molar-refractivity contribution in [3.63, 3.8) is 0 Å². The van der Waals surface area contributed by atoms with Gasteiger partial charge in [0.25, 0.3) is 0 Å². The van der Waals surface area contributed by atoms with Crippen molar-refractivity contribution in [2.24, 2.45) is 0 Å². The fourth-order valence-electron chi connectivity index (χ4n) is 2.14. The van der Waals surface area contributed by atoms with Gasteiger partial charge in [-0.1, -0.05) is 0 Å². The average Bonchev–Trinajstić information content (AvgIpc) is 2.75. The molecule has 0 saturated heterocycles. The van der Waals surface area contributed by atoms with Crippen LogP contribution < -0.4 is 29.6 Å². The van der Waals surface area contributed by atoms with Crippen LogP contribution in [0.1, 0.15) is 13.8 Å². The molecule has 0 heterocycles. The van der Waals surface area contributed by atoms with Gasteiger partial charge in [0.05, 0.1) is 27.3 Å². The second kappa shape index (κ2) is 14.6. The molecule has 8 nitrogen and oxygen atoms in total. The van der Waals surface area contributed by atoms with Gasteiger partial charge in [0.1, 0.15) is 36.2 Å². The molecule has 0 aliphatic heterocycles. The van der Waals surface area contributed by atoms with E-state index >= 15 is 0 Å². The number of ether oxygens (including phenoxy) is 4. The largest absolute Gasteiger partial charge is 0.497 e. The summed E-state index contributed by atoms with van der Waals surface area (Å²) < 4.78 is 20.8. The first kappa shape index (κ1) is 24.6. The molecule has 0 bridgehead atoms. The van der Waals surface area contributed by atoms with Crippen LogP contribution in [0.5, 0.6) is 23.0 Å². The first-order valence-electron chi connectivity index (χ1n) is 9.47. The van der Waals surface area contributed by atoms with Crippen molar-refractivity contribution in [2.75, 3.05) is 40.5 Å². The lowest BCUT2D eigenvalue weighted by molar-refractivity contribution is -0.119. The van der Waals surface area contributed by atoms with Crippen molar-refractivity contribution in [1.82, 2.24) is 10.6 Å². The van der Waals surface area contributed by atoms with Gasteiger partial charge in [-0.25, -0.2) is 0 Å². The molecule has 0 unspecified atom stereocenters. The van der Waals surface area contributed by atoms with Crippen LogP contribution in [0.25, 0.3) is 0 Å². The highest BCUT2D eigenvalue weighted by Crippen LogP contribution is 2.17. The van der Waals surface area contributed by atoms with Gasteiger partial charge in [0.15, 0.2) is 0 Å². The van der Waals surface area contributed by atoms with Crippen LogP contribution in [-0.2, 0) is 9.59 Å². The van der Waals surface area contributed by atoms with E-state index in [1.807, 2.05) is 48.5 Å². The Labute approximate surface area is 177 Å². The molecule has 2 aromatic carbocycles.